The molecular weight excluding hydrogens is 459 g/mol. The number of piperidine rings is 1. The minimum absolute atomic E-state index is 0.145. The van der Waals surface area contributed by atoms with E-state index in [1.807, 2.05) is 6.92 Å². The minimum atomic E-state index is -3.61. The second-order valence-electron chi connectivity index (χ2n) is 7.56. The third kappa shape index (κ3) is 6.22. The summed E-state index contributed by atoms with van der Waals surface area (Å²) < 4.78 is 41.0. The molecule has 0 radical (unpaired) electrons. The molecule has 1 atom stereocenters. The van der Waals surface area contributed by atoms with Crippen LogP contribution < -0.4 is 5.32 Å². The molecule has 1 heterocycles. The van der Waals surface area contributed by atoms with E-state index in [-0.39, 0.29) is 29.1 Å². The number of halogens is 2. The van der Waals surface area contributed by atoms with Crippen molar-refractivity contribution >= 4 is 39.3 Å². The number of benzene rings is 2. The standard InChI is InChI=1S/C22H26ClFN2O3S2/c1-16-7-9-18(10-8-16)31(28,29)26-12-3-4-17(14-26)22(27)25-11-13-30-15-19-20(23)5-2-6-21(19)24/h2,5-10,17H,3-4,11-15H2,1H3,(H,25,27). The van der Waals surface area contributed by atoms with Crippen LogP contribution in [0.4, 0.5) is 4.39 Å². The van der Waals surface area contributed by atoms with Crippen molar-refractivity contribution in [3.8, 4) is 0 Å². The predicted octanol–water partition coefficient (Wildman–Crippen LogP) is 4.24. The highest BCUT2D eigenvalue weighted by Gasteiger charge is 2.33. The Balaban J connectivity index is 1.48. The van der Waals surface area contributed by atoms with E-state index in [1.54, 1.807) is 36.4 Å². The van der Waals surface area contributed by atoms with Crippen LogP contribution in [0.5, 0.6) is 0 Å². The second kappa shape index (κ2) is 10.8. The Bertz CT molecular complexity index is 996. The van der Waals surface area contributed by atoms with Crippen LogP contribution in [0.15, 0.2) is 47.4 Å². The van der Waals surface area contributed by atoms with Crippen molar-refractivity contribution in [3.05, 3.63) is 64.4 Å². The molecule has 0 aliphatic carbocycles. The van der Waals surface area contributed by atoms with Gasteiger partial charge in [-0.05, 0) is 44.0 Å². The quantitative estimate of drug-likeness (QED) is 0.569. The van der Waals surface area contributed by atoms with Crippen molar-refractivity contribution in [2.75, 3.05) is 25.4 Å². The average Bonchev–Trinajstić information content (AvgIpc) is 2.75. The van der Waals surface area contributed by atoms with Gasteiger partial charge in [-0.2, -0.15) is 16.1 Å². The summed E-state index contributed by atoms with van der Waals surface area (Å²) in [6.45, 7) is 2.93. The van der Waals surface area contributed by atoms with Gasteiger partial charge in [-0.15, -0.1) is 0 Å². The number of hydrogen-bond donors (Lipinski definition) is 1. The van der Waals surface area contributed by atoms with Gasteiger partial charge in [-0.25, -0.2) is 12.8 Å². The monoisotopic (exact) mass is 484 g/mol. The molecule has 1 saturated heterocycles. The maximum atomic E-state index is 13.8. The van der Waals surface area contributed by atoms with Gasteiger partial charge >= 0.3 is 0 Å². The normalized spacial score (nSPS) is 17.5. The highest BCUT2D eigenvalue weighted by atomic mass is 35.5. The molecule has 1 fully saturated rings. The summed E-state index contributed by atoms with van der Waals surface area (Å²) in [5.41, 5.74) is 1.45. The van der Waals surface area contributed by atoms with Gasteiger partial charge in [0.15, 0.2) is 0 Å². The number of nitrogens with zero attached hydrogens (tertiary/aromatic N) is 1. The molecule has 5 nitrogen and oxygen atoms in total. The highest BCUT2D eigenvalue weighted by molar-refractivity contribution is 7.98. The van der Waals surface area contributed by atoms with Crippen molar-refractivity contribution in [2.45, 2.75) is 30.4 Å². The first-order valence-corrected chi connectivity index (χ1v) is 13.1. The van der Waals surface area contributed by atoms with Crippen LogP contribution in [-0.4, -0.2) is 44.0 Å². The smallest absolute Gasteiger partial charge is 0.243 e. The van der Waals surface area contributed by atoms with Gasteiger partial charge in [0.2, 0.25) is 15.9 Å². The Morgan fingerprint density at radius 2 is 2.00 bits per heavy atom. The number of sulfonamides is 1. The van der Waals surface area contributed by atoms with Crippen molar-refractivity contribution < 1.29 is 17.6 Å². The molecule has 2 aromatic rings. The summed E-state index contributed by atoms with van der Waals surface area (Å²) >= 11 is 7.50. The van der Waals surface area contributed by atoms with Crippen LogP contribution in [0.25, 0.3) is 0 Å². The van der Waals surface area contributed by atoms with Crippen LogP contribution >= 0.6 is 23.4 Å². The van der Waals surface area contributed by atoms with E-state index in [9.17, 15) is 17.6 Å². The number of hydrogen-bond acceptors (Lipinski definition) is 4. The predicted molar refractivity (Wildman–Crippen MR) is 123 cm³/mol. The number of rotatable bonds is 8. The molecule has 1 N–H and O–H groups in total. The van der Waals surface area contributed by atoms with Gasteiger partial charge in [0.1, 0.15) is 5.82 Å². The van der Waals surface area contributed by atoms with E-state index < -0.39 is 10.0 Å². The van der Waals surface area contributed by atoms with Crippen LogP contribution in [0.3, 0.4) is 0 Å². The Morgan fingerprint density at radius 1 is 1.26 bits per heavy atom. The van der Waals surface area contributed by atoms with Gasteiger partial charge in [0.25, 0.3) is 0 Å². The van der Waals surface area contributed by atoms with Crippen molar-refractivity contribution in [3.63, 3.8) is 0 Å². The van der Waals surface area contributed by atoms with E-state index in [0.29, 0.717) is 48.0 Å². The molecule has 0 saturated carbocycles. The fourth-order valence-corrected chi connectivity index (χ4v) is 6.19. The van der Waals surface area contributed by atoms with Gasteiger partial charge < -0.3 is 5.32 Å². The Kier molecular flexibility index (Phi) is 8.38. The molecule has 9 heteroatoms. The minimum Gasteiger partial charge on any atom is -0.355 e. The number of aryl methyl sites for hydroxylation is 1. The van der Waals surface area contributed by atoms with E-state index in [0.717, 1.165) is 5.56 Å². The Labute approximate surface area is 192 Å². The summed E-state index contributed by atoms with van der Waals surface area (Å²) in [6, 6.07) is 11.4. The van der Waals surface area contributed by atoms with Gasteiger partial charge in [0.05, 0.1) is 10.8 Å². The van der Waals surface area contributed by atoms with E-state index in [2.05, 4.69) is 5.32 Å². The summed E-state index contributed by atoms with van der Waals surface area (Å²) in [5, 5.41) is 3.28. The van der Waals surface area contributed by atoms with E-state index in [1.165, 1.54) is 22.1 Å². The summed E-state index contributed by atoms with van der Waals surface area (Å²) in [5.74, 6) is 0.177. The maximum Gasteiger partial charge on any atom is 0.243 e. The zero-order chi connectivity index (χ0) is 22.4. The lowest BCUT2D eigenvalue weighted by Gasteiger charge is -2.31. The SMILES string of the molecule is Cc1ccc(S(=O)(=O)N2CCCC(C(=O)NCCSCc3c(F)cccc3Cl)C2)cc1. The van der Waals surface area contributed by atoms with Gasteiger partial charge in [-0.1, -0.05) is 35.4 Å². The molecule has 0 bridgehead atoms. The third-order valence-corrected chi connectivity index (χ3v) is 8.49. The summed E-state index contributed by atoms with van der Waals surface area (Å²) in [4.78, 5) is 12.8. The Hall–Kier alpha value is -1.61. The lowest BCUT2D eigenvalue weighted by molar-refractivity contribution is -0.125. The second-order valence-corrected chi connectivity index (χ2v) is 11.0. The first kappa shape index (κ1) is 24.0. The van der Waals surface area contributed by atoms with Crippen molar-refractivity contribution in [1.29, 1.82) is 0 Å². The zero-order valence-electron chi connectivity index (χ0n) is 17.3. The molecule has 31 heavy (non-hydrogen) atoms. The average molecular weight is 485 g/mol. The van der Waals surface area contributed by atoms with Crippen LogP contribution in [0.2, 0.25) is 5.02 Å². The largest absolute Gasteiger partial charge is 0.355 e. The first-order chi connectivity index (χ1) is 14.8. The van der Waals surface area contributed by atoms with E-state index in [4.69, 9.17) is 11.6 Å². The van der Waals surface area contributed by atoms with Gasteiger partial charge in [-0.3, -0.25) is 4.79 Å². The zero-order valence-corrected chi connectivity index (χ0v) is 19.7. The number of carbonyl (C=O) groups excluding carboxylic acids is 1. The van der Waals surface area contributed by atoms with Crippen molar-refractivity contribution in [2.24, 2.45) is 5.92 Å². The molecule has 1 aliphatic rings. The molecule has 0 spiro atoms. The van der Waals surface area contributed by atoms with Crippen molar-refractivity contribution in [1.82, 2.24) is 9.62 Å². The molecule has 2 aromatic carbocycles. The molecule has 0 aromatic heterocycles. The topological polar surface area (TPSA) is 66.5 Å². The summed E-state index contributed by atoms with van der Waals surface area (Å²) in [7, 11) is -3.61. The number of thioether (sulfide) groups is 1. The molecular formula is C22H26ClFN2O3S2. The lowest BCUT2D eigenvalue weighted by atomic mass is 9.99. The first-order valence-electron chi connectivity index (χ1n) is 10.1. The summed E-state index contributed by atoms with van der Waals surface area (Å²) in [6.07, 6.45) is 1.30. The molecule has 1 aliphatic heterocycles. The number of carbonyl (C=O) groups is 1. The molecule has 3 rings (SSSR count). The maximum absolute atomic E-state index is 13.8. The van der Waals surface area contributed by atoms with Gasteiger partial charge in [0, 0.05) is 41.7 Å². The molecule has 168 valence electrons. The third-order valence-electron chi connectivity index (χ3n) is 5.27. The van der Waals surface area contributed by atoms with Crippen LogP contribution in [-0.2, 0) is 20.6 Å². The number of amides is 1. The van der Waals surface area contributed by atoms with Crippen LogP contribution in [0, 0.1) is 18.7 Å². The van der Waals surface area contributed by atoms with Crippen LogP contribution in [0.1, 0.15) is 24.0 Å². The molecule has 1 amide bonds. The fourth-order valence-electron chi connectivity index (χ4n) is 3.47. The lowest BCUT2D eigenvalue weighted by Crippen LogP contribution is -2.45. The molecule has 1 unspecified atom stereocenters. The fraction of sp³-hybridized carbons (Fsp3) is 0.409. The highest BCUT2D eigenvalue weighted by Crippen LogP contribution is 2.25. The Morgan fingerprint density at radius 3 is 2.71 bits per heavy atom. The number of nitrogens with one attached hydrogen (secondary N) is 1. The van der Waals surface area contributed by atoms with E-state index >= 15 is 0 Å².